The summed E-state index contributed by atoms with van der Waals surface area (Å²) in [6.45, 7) is 1.97. The maximum absolute atomic E-state index is 5.90. The van der Waals surface area contributed by atoms with Gasteiger partial charge in [0, 0.05) is 6.20 Å². The lowest BCUT2D eigenvalue weighted by Gasteiger charge is -2.03. The molecule has 2 rings (SSSR count). The number of rotatable bonds is 1. The largest absolute Gasteiger partial charge is 0.253 e. The Kier molecular flexibility index (Phi) is 3.42. The molecule has 0 spiro atoms. The van der Waals surface area contributed by atoms with E-state index in [9.17, 15) is 0 Å². The predicted molar refractivity (Wildman–Crippen MR) is 67.7 cm³/mol. The van der Waals surface area contributed by atoms with E-state index >= 15 is 0 Å². The fraction of sp³-hybridized carbons (Fsp3) is 0.100. The molecule has 0 N–H and O–H groups in total. The van der Waals surface area contributed by atoms with Gasteiger partial charge in [-0.15, -0.1) is 0 Å². The van der Waals surface area contributed by atoms with Crippen molar-refractivity contribution in [2.24, 2.45) is 0 Å². The Morgan fingerprint density at radius 1 is 1.19 bits per heavy atom. The van der Waals surface area contributed by atoms with Crippen LogP contribution in [0.5, 0.6) is 0 Å². The minimum Gasteiger partial charge on any atom is -0.253 e. The Labute approximate surface area is 111 Å². The van der Waals surface area contributed by atoms with Crippen LogP contribution in [0.1, 0.15) is 5.56 Å². The van der Waals surface area contributed by atoms with Crippen LogP contribution in [0, 0.1) is 6.92 Å². The Hall–Kier alpha value is -0.710. The third-order valence-electron chi connectivity index (χ3n) is 1.91. The van der Waals surface area contributed by atoms with Crippen LogP contribution in [0.3, 0.4) is 0 Å². The molecule has 16 heavy (non-hydrogen) atoms. The number of hydrogen-bond acceptors (Lipinski definition) is 3. The van der Waals surface area contributed by atoms with Crippen LogP contribution in [0.2, 0.25) is 10.3 Å². The normalized spacial score (nSPS) is 10.5. The Morgan fingerprint density at radius 2 is 1.81 bits per heavy atom. The first-order valence-electron chi connectivity index (χ1n) is 4.39. The molecule has 0 fully saturated rings. The highest BCUT2D eigenvalue weighted by Crippen LogP contribution is 2.29. The van der Waals surface area contributed by atoms with E-state index in [1.807, 2.05) is 19.1 Å². The molecule has 0 amide bonds. The first-order valence-corrected chi connectivity index (χ1v) is 5.94. The quantitative estimate of drug-likeness (QED) is 0.748. The zero-order chi connectivity index (χ0) is 11.7. The van der Waals surface area contributed by atoms with Gasteiger partial charge in [0.1, 0.15) is 16.0 Å². The molecule has 2 aromatic heterocycles. The monoisotopic (exact) mass is 317 g/mol. The smallest absolute Gasteiger partial charge is 0.181 e. The zero-order valence-corrected chi connectivity index (χ0v) is 11.3. The maximum atomic E-state index is 5.90. The molecular formula is C10H6BrCl2N3. The van der Waals surface area contributed by atoms with E-state index in [1.165, 1.54) is 0 Å². The second-order valence-electron chi connectivity index (χ2n) is 3.16. The highest BCUT2D eigenvalue weighted by molar-refractivity contribution is 9.10. The van der Waals surface area contributed by atoms with Crippen LogP contribution < -0.4 is 0 Å². The summed E-state index contributed by atoms with van der Waals surface area (Å²) < 4.78 is 0.493. The van der Waals surface area contributed by atoms with Gasteiger partial charge in [0.25, 0.3) is 0 Å². The molecule has 2 heterocycles. The average molecular weight is 319 g/mol. The summed E-state index contributed by atoms with van der Waals surface area (Å²) in [5, 5.41) is 0.552. The van der Waals surface area contributed by atoms with Gasteiger partial charge in [0.15, 0.2) is 5.82 Å². The molecule has 0 aromatic carbocycles. The van der Waals surface area contributed by atoms with Gasteiger partial charge in [-0.1, -0.05) is 23.2 Å². The van der Waals surface area contributed by atoms with Crippen molar-refractivity contribution >= 4 is 39.1 Å². The third kappa shape index (κ3) is 2.34. The topological polar surface area (TPSA) is 38.7 Å². The fourth-order valence-electron chi connectivity index (χ4n) is 1.17. The number of pyridine rings is 1. The highest BCUT2D eigenvalue weighted by Gasteiger charge is 2.11. The second-order valence-corrected chi connectivity index (χ2v) is 4.67. The third-order valence-corrected chi connectivity index (χ3v) is 3.67. The number of aromatic nitrogens is 3. The Morgan fingerprint density at radius 3 is 2.38 bits per heavy atom. The number of hydrogen-bond donors (Lipinski definition) is 0. The van der Waals surface area contributed by atoms with E-state index in [1.54, 1.807) is 6.20 Å². The zero-order valence-electron chi connectivity index (χ0n) is 8.21. The summed E-state index contributed by atoms with van der Waals surface area (Å²) in [7, 11) is 0. The van der Waals surface area contributed by atoms with E-state index in [-0.39, 0.29) is 10.3 Å². The molecule has 0 unspecified atom stereocenters. The molecule has 6 heteroatoms. The lowest BCUT2D eigenvalue weighted by molar-refractivity contribution is 1.12. The van der Waals surface area contributed by atoms with Crippen molar-refractivity contribution in [1.82, 2.24) is 15.0 Å². The summed E-state index contributed by atoms with van der Waals surface area (Å²) in [4.78, 5) is 12.4. The molecular weight excluding hydrogens is 313 g/mol. The highest BCUT2D eigenvalue weighted by atomic mass is 79.9. The molecule has 0 saturated heterocycles. The van der Waals surface area contributed by atoms with Crippen molar-refractivity contribution < 1.29 is 0 Å². The first-order chi connectivity index (χ1) is 7.58. The number of halogens is 3. The van der Waals surface area contributed by atoms with Crippen molar-refractivity contribution in [3.05, 3.63) is 38.7 Å². The molecule has 2 aromatic rings. The van der Waals surface area contributed by atoms with Crippen LogP contribution in [-0.4, -0.2) is 15.0 Å². The van der Waals surface area contributed by atoms with Crippen molar-refractivity contribution in [2.45, 2.75) is 6.92 Å². The van der Waals surface area contributed by atoms with Gasteiger partial charge in [-0.2, -0.15) is 0 Å². The molecule has 0 bridgehead atoms. The van der Waals surface area contributed by atoms with Gasteiger partial charge >= 0.3 is 0 Å². The SMILES string of the molecule is Cc1ccnc(-c2nc(Cl)c(Br)c(Cl)n2)c1. The van der Waals surface area contributed by atoms with Crippen LogP contribution >= 0.6 is 39.1 Å². The minimum atomic E-state index is 0.276. The fourth-order valence-corrected chi connectivity index (χ4v) is 1.73. The van der Waals surface area contributed by atoms with Crippen molar-refractivity contribution in [3.63, 3.8) is 0 Å². The molecule has 3 nitrogen and oxygen atoms in total. The van der Waals surface area contributed by atoms with Crippen LogP contribution in [0.15, 0.2) is 22.8 Å². The summed E-state index contributed by atoms with van der Waals surface area (Å²) in [6, 6.07) is 3.77. The van der Waals surface area contributed by atoms with Gasteiger partial charge in [-0.05, 0) is 40.5 Å². The van der Waals surface area contributed by atoms with Gasteiger partial charge in [0.2, 0.25) is 0 Å². The summed E-state index contributed by atoms with van der Waals surface area (Å²) in [5.41, 5.74) is 1.72. The van der Waals surface area contributed by atoms with Gasteiger partial charge in [0.05, 0.1) is 4.47 Å². The molecule has 0 aliphatic rings. The van der Waals surface area contributed by atoms with Crippen LogP contribution in [-0.2, 0) is 0 Å². The maximum Gasteiger partial charge on any atom is 0.181 e. The molecule has 82 valence electrons. The minimum absolute atomic E-state index is 0.276. The Balaban J connectivity index is 2.57. The van der Waals surface area contributed by atoms with E-state index in [0.717, 1.165) is 5.56 Å². The predicted octanol–water partition coefficient (Wildman–Crippen LogP) is 3.92. The van der Waals surface area contributed by atoms with Crippen molar-refractivity contribution in [2.75, 3.05) is 0 Å². The average Bonchev–Trinajstić information content (AvgIpc) is 2.25. The first kappa shape index (κ1) is 11.8. The molecule has 0 radical (unpaired) electrons. The van der Waals surface area contributed by atoms with Crippen LogP contribution in [0.25, 0.3) is 11.5 Å². The molecule has 0 aliphatic heterocycles. The van der Waals surface area contributed by atoms with Gasteiger partial charge in [-0.3, -0.25) is 4.98 Å². The van der Waals surface area contributed by atoms with E-state index in [4.69, 9.17) is 23.2 Å². The summed E-state index contributed by atoms with van der Waals surface area (Å²) in [6.07, 6.45) is 1.69. The number of aryl methyl sites for hydroxylation is 1. The van der Waals surface area contributed by atoms with E-state index < -0.39 is 0 Å². The molecule has 0 aliphatic carbocycles. The number of nitrogens with zero attached hydrogens (tertiary/aromatic N) is 3. The summed E-state index contributed by atoms with van der Waals surface area (Å²) in [5.74, 6) is 0.418. The van der Waals surface area contributed by atoms with Crippen LogP contribution in [0.4, 0.5) is 0 Å². The lowest BCUT2D eigenvalue weighted by atomic mass is 10.2. The van der Waals surface area contributed by atoms with Crippen molar-refractivity contribution in [3.8, 4) is 11.5 Å². The summed E-state index contributed by atoms with van der Waals surface area (Å²) >= 11 is 15.0. The standard InChI is InChI=1S/C10H6BrCl2N3/c1-5-2-3-14-6(4-5)10-15-8(12)7(11)9(13)16-10/h2-4H,1H3. The van der Waals surface area contributed by atoms with E-state index in [2.05, 4.69) is 30.9 Å². The second kappa shape index (κ2) is 4.65. The molecule has 0 atom stereocenters. The van der Waals surface area contributed by atoms with Gasteiger partial charge < -0.3 is 0 Å². The van der Waals surface area contributed by atoms with Crippen molar-refractivity contribution in [1.29, 1.82) is 0 Å². The molecule has 0 saturated carbocycles. The van der Waals surface area contributed by atoms with Gasteiger partial charge in [-0.25, -0.2) is 9.97 Å². The Bertz CT molecular complexity index is 522. The lowest BCUT2D eigenvalue weighted by Crippen LogP contribution is -1.94. The van der Waals surface area contributed by atoms with E-state index in [0.29, 0.717) is 16.0 Å².